The zero-order valence-corrected chi connectivity index (χ0v) is 7.68. The fourth-order valence-corrected chi connectivity index (χ4v) is 2.44. The monoisotopic (exact) mass is 180 g/mol. The Labute approximate surface area is 76.8 Å². The highest BCUT2D eigenvalue weighted by Gasteiger charge is 2.14. The average Bonchev–Trinajstić information content (AvgIpc) is 2.59. The molecule has 1 aromatic heterocycles. The van der Waals surface area contributed by atoms with Crippen LogP contribution in [0.25, 0.3) is 0 Å². The topological polar surface area (TPSA) is 24.9 Å². The van der Waals surface area contributed by atoms with Gasteiger partial charge in [0, 0.05) is 29.1 Å². The molecule has 1 aliphatic heterocycles. The molecule has 0 amide bonds. The van der Waals surface area contributed by atoms with Crippen molar-refractivity contribution in [3.8, 4) is 0 Å². The van der Waals surface area contributed by atoms with E-state index in [1.807, 2.05) is 24.2 Å². The smallest absolute Gasteiger partial charge is 0.0278 e. The summed E-state index contributed by atoms with van der Waals surface area (Å²) in [6.45, 7) is 2.32. The third-order valence-electron chi connectivity index (χ3n) is 1.97. The Morgan fingerprint density at radius 2 is 2.25 bits per heavy atom. The number of thioether (sulfide) groups is 1. The number of rotatable bonds is 2. The van der Waals surface area contributed by atoms with E-state index in [0.29, 0.717) is 0 Å². The molecule has 1 fully saturated rings. The van der Waals surface area contributed by atoms with Crippen molar-refractivity contribution in [2.24, 2.45) is 0 Å². The summed E-state index contributed by atoms with van der Waals surface area (Å²) in [5, 5.41) is 4.11. The average molecular weight is 180 g/mol. The van der Waals surface area contributed by atoms with Crippen LogP contribution in [0.2, 0.25) is 0 Å². The maximum atomic E-state index is 3.99. The lowest BCUT2D eigenvalue weighted by Gasteiger charge is -2.06. The summed E-state index contributed by atoms with van der Waals surface area (Å²) in [7, 11) is 0. The quantitative estimate of drug-likeness (QED) is 0.747. The molecule has 12 heavy (non-hydrogen) atoms. The predicted octanol–water partition coefficient (Wildman–Crippen LogP) is 1.54. The SMILES string of the molecule is c1cc(S[C@H]2CCNC2)ccn1. The first kappa shape index (κ1) is 8.08. The van der Waals surface area contributed by atoms with Crippen molar-refractivity contribution in [3.05, 3.63) is 24.5 Å². The minimum Gasteiger partial charge on any atom is -0.316 e. The van der Waals surface area contributed by atoms with E-state index in [-0.39, 0.29) is 0 Å². The van der Waals surface area contributed by atoms with Gasteiger partial charge in [0.25, 0.3) is 0 Å². The van der Waals surface area contributed by atoms with E-state index in [4.69, 9.17) is 0 Å². The van der Waals surface area contributed by atoms with Crippen LogP contribution in [-0.2, 0) is 0 Å². The molecular weight excluding hydrogens is 168 g/mol. The van der Waals surface area contributed by atoms with Gasteiger partial charge >= 0.3 is 0 Å². The van der Waals surface area contributed by atoms with Crippen LogP contribution in [0.1, 0.15) is 6.42 Å². The number of nitrogens with one attached hydrogen (secondary N) is 1. The number of aromatic nitrogens is 1. The maximum absolute atomic E-state index is 3.99. The van der Waals surface area contributed by atoms with Crippen LogP contribution in [0.3, 0.4) is 0 Å². The fourth-order valence-electron chi connectivity index (χ4n) is 1.34. The van der Waals surface area contributed by atoms with Crippen LogP contribution in [0.4, 0.5) is 0 Å². The zero-order chi connectivity index (χ0) is 8.23. The highest BCUT2D eigenvalue weighted by Crippen LogP contribution is 2.25. The molecular formula is C9H12N2S. The van der Waals surface area contributed by atoms with Crippen molar-refractivity contribution in [3.63, 3.8) is 0 Å². The molecule has 0 unspecified atom stereocenters. The first-order valence-electron chi connectivity index (χ1n) is 4.22. The van der Waals surface area contributed by atoms with Gasteiger partial charge in [0.15, 0.2) is 0 Å². The summed E-state index contributed by atoms with van der Waals surface area (Å²) >= 11 is 1.95. The van der Waals surface area contributed by atoms with Crippen LogP contribution in [0.15, 0.2) is 29.4 Å². The van der Waals surface area contributed by atoms with Gasteiger partial charge in [0.05, 0.1) is 0 Å². The van der Waals surface area contributed by atoms with Gasteiger partial charge in [-0.1, -0.05) is 0 Å². The Hall–Kier alpha value is -0.540. The van der Waals surface area contributed by atoms with Crippen LogP contribution >= 0.6 is 11.8 Å². The van der Waals surface area contributed by atoms with Crippen LogP contribution in [0, 0.1) is 0 Å². The minimum atomic E-state index is 0.757. The van der Waals surface area contributed by atoms with E-state index in [1.54, 1.807) is 0 Å². The third kappa shape index (κ3) is 1.99. The van der Waals surface area contributed by atoms with Crippen molar-refractivity contribution in [1.82, 2.24) is 10.3 Å². The summed E-state index contributed by atoms with van der Waals surface area (Å²) in [4.78, 5) is 5.32. The Kier molecular flexibility index (Phi) is 2.64. The molecule has 64 valence electrons. The van der Waals surface area contributed by atoms with Crippen molar-refractivity contribution >= 4 is 11.8 Å². The number of nitrogens with zero attached hydrogens (tertiary/aromatic N) is 1. The molecule has 2 heterocycles. The highest BCUT2D eigenvalue weighted by molar-refractivity contribution is 8.00. The van der Waals surface area contributed by atoms with Gasteiger partial charge in [-0.3, -0.25) is 4.98 Å². The third-order valence-corrected chi connectivity index (χ3v) is 3.25. The summed E-state index contributed by atoms with van der Waals surface area (Å²) in [6, 6.07) is 4.14. The summed E-state index contributed by atoms with van der Waals surface area (Å²) in [5.41, 5.74) is 0. The normalized spacial score (nSPS) is 22.8. The maximum Gasteiger partial charge on any atom is 0.0278 e. The van der Waals surface area contributed by atoms with Gasteiger partial charge in [0.1, 0.15) is 0 Å². The second kappa shape index (κ2) is 3.92. The molecule has 0 bridgehead atoms. The number of pyridine rings is 1. The molecule has 1 atom stereocenters. The van der Waals surface area contributed by atoms with E-state index in [9.17, 15) is 0 Å². The number of hydrogen-bond donors (Lipinski definition) is 1. The molecule has 3 heteroatoms. The lowest BCUT2D eigenvalue weighted by atomic mass is 10.4. The second-order valence-electron chi connectivity index (χ2n) is 2.92. The van der Waals surface area contributed by atoms with Crippen molar-refractivity contribution in [2.45, 2.75) is 16.6 Å². The lowest BCUT2D eigenvalue weighted by molar-refractivity contribution is 0.858. The molecule has 1 aliphatic rings. The Bertz CT molecular complexity index is 232. The first-order chi connectivity index (χ1) is 5.95. The molecule has 0 radical (unpaired) electrons. The molecule has 0 aliphatic carbocycles. The predicted molar refractivity (Wildman–Crippen MR) is 51.4 cm³/mol. The number of hydrogen-bond acceptors (Lipinski definition) is 3. The summed E-state index contributed by atoms with van der Waals surface area (Å²) in [6.07, 6.45) is 4.99. The molecule has 0 saturated carbocycles. The van der Waals surface area contributed by atoms with E-state index in [1.165, 1.54) is 17.9 Å². The van der Waals surface area contributed by atoms with Gasteiger partial charge in [-0.15, -0.1) is 11.8 Å². The summed E-state index contributed by atoms with van der Waals surface area (Å²) < 4.78 is 0. The molecule has 0 spiro atoms. The van der Waals surface area contributed by atoms with E-state index < -0.39 is 0 Å². The van der Waals surface area contributed by atoms with Gasteiger partial charge in [-0.25, -0.2) is 0 Å². The van der Waals surface area contributed by atoms with Crippen molar-refractivity contribution < 1.29 is 0 Å². The highest BCUT2D eigenvalue weighted by atomic mass is 32.2. The van der Waals surface area contributed by atoms with E-state index in [0.717, 1.165) is 11.8 Å². The van der Waals surface area contributed by atoms with Gasteiger partial charge < -0.3 is 5.32 Å². The molecule has 2 rings (SSSR count). The molecule has 2 nitrogen and oxygen atoms in total. The van der Waals surface area contributed by atoms with Crippen molar-refractivity contribution in [2.75, 3.05) is 13.1 Å². The fraction of sp³-hybridized carbons (Fsp3) is 0.444. The largest absolute Gasteiger partial charge is 0.316 e. The summed E-state index contributed by atoms with van der Waals surface area (Å²) in [5.74, 6) is 0. The van der Waals surface area contributed by atoms with Crippen LogP contribution < -0.4 is 5.32 Å². The Morgan fingerprint density at radius 1 is 1.42 bits per heavy atom. The van der Waals surface area contributed by atoms with Gasteiger partial charge in [0.2, 0.25) is 0 Å². The van der Waals surface area contributed by atoms with Gasteiger partial charge in [-0.05, 0) is 25.1 Å². The Morgan fingerprint density at radius 3 is 2.92 bits per heavy atom. The molecule has 1 saturated heterocycles. The second-order valence-corrected chi connectivity index (χ2v) is 4.29. The lowest BCUT2D eigenvalue weighted by Crippen LogP contribution is -2.09. The Balaban J connectivity index is 1.94. The standard InChI is InChI=1S/C9H12N2S/c1-4-10-5-2-8(1)12-9-3-6-11-7-9/h1-2,4-5,9,11H,3,6-7H2/t9-/m0/s1. The van der Waals surface area contributed by atoms with E-state index in [2.05, 4.69) is 22.4 Å². The van der Waals surface area contributed by atoms with Crippen molar-refractivity contribution in [1.29, 1.82) is 0 Å². The van der Waals surface area contributed by atoms with Crippen LogP contribution in [-0.4, -0.2) is 23.3 Å². The molecule has 1 aromatic rings. The zero-order valence-electron chi connectivity index (χ0n) is 6.86. The first-order valence-corrected chi connectivity index (χ1v) is 5.10. The molecule has 0 aromatic carbocycles. The van der Waals surface area contributed by atoms with E-state index >= 15 is 0 Å². The van der Waals surface area contributed by atoms with Crippen LogP contribution in [0.5, 0.6) is 0 Å². The molecule has 1 N–H and O–H groups in total. The minimum absolute atomic E-state index is 0.757. The van der Waals surface area contributed by atoms with Gasteiger partial charge in [-0.2, -0.15) is 0 Å².